The van der Waals surface area contributed by atoms with Crippen molar-refractivity contribution in [3.63, 3.8) is 0 Å². The molecule has 1 aliphatic rings. The van der Waals surface area contributed by atoms with Gasteiger partial charge in [-0.3, -0.25) is 0 Å². The van der Waals surface area contributed by atoms with Crippen molar-refractivity contribution in [1.82, 2.24) is 0 Å². The molecule has 0 heteroatoms. The number of hydrogen-bond donors (Lipinski definition) is 0. The molecule has 43 heavy (non-hydrogen) atoms. The molecule has 7 aromatic carbocycles. The summed E-state index contributed by atoms with van der Waals surface area (Å²) in [4.78, 5) is 0. The van der Waals surface area contributed by atoms with Crippen LogP contribution >= 0.6 is 0 Å². The van der Waals surface area contributed by atoms with Crippen LogP contribution in [0.5, 0.6) is 0 Å². The van der Waals surface area contributed by atoms with E-state index in [0.29, 0.717) is 0 Å². The quantitative estimate of drug-likeness (QED) is 0.192. The Labute approximate surface area is 253 Å². The van der Waals surface area contributed by atoms with Crippen LogP contribution in [-0.2, 0) is 5.41 Å². The molecule has 0 amide bonds. The summed E-state index contributed by atoms with van der Waals surface area (Å²) >= 11 is 0. The number of rotatable bonds is 4. The highest BCUT2D eigenvalue weighted by Crippen LogP contribution is 2.54. The van der Waals surface area contributed by atoms with Crippen LogP contribution in [-0.4, -0.2) is 0 Å². The van der Waals surface area contributed by atoms with Crippen molar-refractivity contribution in [3.05, 3.63) is 157 Å². The molecule has 0 atom stereocenters. The molecule has 0 radical (unpaired) electrons. The topological polar surface area (TPSA) is 0 Å². The second-order valence-corrected chi connectivity index (χ2v) is 12.2. The van der Waals surface area contributed by atoms with Crippen LogP contribution in [0.15, 0.2) is 134 Å². The lowest BCUT2D eigenvalue weighted by atomic mass is 9.78. The van der Waals surface area contributed by atoms with Crippen LogP contribution in [0.4, 0.5) is 0 Å². The highest BCUT2D eigenvalue weighted by Gasteiger charge is 2.38. The lowest BCUT2D eigenvalue weighted by molar-refractivity contribution is 0.660. The van der Waals surface area contributed by atoms with Crippen LogP contribution in [0.2, 0.25) is 0 Å². The SMILES string of the molecule is C=Cc1c(-c2c3ccccc3c(-c3ccc4ccccc4c3)c3ccccc23)cc2c(c1C=C)-c1ccccc1C2(C)C. The predicted molar refractivity (Wildman–Crippen MR) is 188 cm³/mol. The van der Waals surface area contributed by atoms with Crippen molar-refractivity contribution in [2.24, 2.45) is 0 Å². The number of fused-ring (bicyclic) bond motifs is 6. The zero-order valence-corrected chi connectivity index (χ0v) is 24.6. The van der Waals surface area contributed by atoms with Gasteiger partial charge in [0.2, 0.25) is 0 Å². The second kappa shape index (κ2) is 9.41. The summed E-state index contributed by atoms with van der Waals surface area (Å²) < 4.78 is 0. The molecule has 0 bridgehead atoms. The van der Waals surface area contributed by atoms with Gasteiger partial charge in [0, 0.05) is 5.41 Å². The maximum atomic E-state index is 4.35. The first kappa shape index (κ1) is 25.5. The molecule has 0 saturated heterocycles. The molecule has 0 nitrogen and oxygen atoms in total. The first-order chi connectivity index (χ1) is 21.0. The van der Waals surface area contributed by atoms with Crippen LogP contribution in [0, 0.1) is 0 Å². The van der Waals surface area contributed by atoms with Gasteiger partial charge in [-0.15, -0.1) is 0 Å². The van der Waals surface area contributed by atoms with E-state index >= 15 is 0 Å². The Bertz CT molecular complexity index is 2240. The fourth-order valence-corrected chi connectivity index (χ4v) is 7.61. The molecular weight excluding hydrogens is 516 g/mol. The van der Waals surface area contributed by atoms with Crippen molar-refractivity contribution in [3.8, 4) is 33.4 Å². The molecule has 0 N–H and O–H groups in total. The largest absolute Gasteiger partial charge is 0.0984 e. The van der Waals surface area contributed by atoms with E-state index in [1.54, 1.807) is 0 Å². The third-order valence-corrected chi connectivity index (χ3v) is 9.60. The van der Waals surface area contributed by atoms with E-state index in [1.807, 2.05) is 12.2 Å². The molecule has 0 aromatic heterocycles. The number of hydrogen-bond acceptors (Lipinski definition) is 0. The monoisotopic (exact) mass is 548 g/mol. The summed E-state index contributed by atoms with van der Waals surface area (Å²) in [5.74, 6) is 0. The lowest BCUT2D eigenvalue weighted by Crippen LogP contribution is -2.15. The fraction of sp³-hybridized carbons (Fsp3) is 0.0698. The molecule has 0 heterocycles. The van der Waals surface area contributed by atoms with Gasteiger partial charge in [-0.1, -0.05) is 148 Å². The number of benzene rings is 7. The predicted octanol–water partition coefficient (Wildman–Crippen LogP) is 12.1. The molecule has 0 spiro atoms. The Morgan fingerprint density at radius 3 is 1.67 bits per heavy atom. The van der Waals surface area contributed by atoms with Gasteiger partial charge in [0.15, 0.2) is 0 Å². The second-order valence-electron chi connectivity index (χ2n) is 12.2. The average molecular weight is 549 g/mol. The van der Waals surface area contributed by atoms with Crippen LogP contribution in [0.3, 0.4) is 0 Å². The molecule has 0 unspecified atom stereocenters. The van der Waals surface area contributed by atoms with E-state index in [2.05, 4.69) is 148 Å². The van der Waals surface area contributed by atoms with E-state index in [9.17, 15) is 0 Å². The minimum Gasteiger partial charge on any atom is -0.0984 e. The van der Waals surface area contributed by atoms with Gasteiger partial charge in [-0.2, -0.15) is 0 Å². The summed E-state index contributed by atoms with van der Waals surface area (Å²) in [7, 11) is 0. The van der Waals surface area contributed by atoms with Gasteiger partial charge in [0.25, 0.3) is 0 Å². The van der Waals surface area contributed by atoms with Crippen molar-refractivity contribution < 1.29 is 0 Å². The summed E-state index contributed by atoms with van der Waals surface area (Å²) in [6, 6.07) is 44.5. The van der Waals surface area contributed by atoms with Crippen LogP contribution < -0.4 is 0 Å². The normalized spacial score (nSPS) is 13.3. The van der Waals surface area contributed by atoms with Gasteiger partial charge in [0.1, 0.15) is 0 Å². The molecule has 1 aliphatic carbocycles. The lowest BCUT2D eigenvalue weighted by Gasteiger charge is -2.25. The van der Waals surface area contributed by atoms with Gasteiger partial charge in [0.05, 0.1) is 0 Å². The minimum absolute atomic E-state index is 0.130. The van der Waals surface area contributed by atoms with E-state index in [-0.39, 0.29) is 5.41 Å². The van der Waals surface area contributed by atoms with Gasteiger partial charge in [-0.05, 0) is 100 Å². The molecule has 8 rings (SSSR count). The Morgan fingerprint density at radius 2 is 1.02 bits per heavy atom. The third-order valence-electron chi connectivity index (χ3n) is 9.60. The zero-order valence-electron chi connectivity index (χ0n) is 24.6. The summed E-state index contributed by atoms with van der Waals surface area (Å²) in [6.07, 6.45) is 4.06. The maximum absolute atomic E-state index is 4.35. The van der Waals surface area contributed by atoms with Crippen molar-refractivity contribution in [2.45, 2.75) is 19.3 Å². The van der Waals surface area contributed by atoms with Crippen LogP contribution in [0.1, 0.15) is 36.1 Å². The molecule has 0 saturated carbocycles. The highest BCUT2D eigenvalue weighted by molar-refractivity contribution is 6.22. The molecule has 0 fully saturated rings. The average Bonchev–Trinajstić information content (AvgIpc) is 3.28. The third kappa shape index (κ3) is 3.57. The summed E-state index contributed by atoms with van der Waals surface area (Å²) in [5.41, 5.74) is 12.4. The first-order valence-corrected chi connectivity index (χ1v) is 15.0. The molecule has 0 aliphatic heterocycles. The Balaban J connectivity index is 1.52. The van der Waals surface area contributed by atoms with Crippen LogP contribution in [0.25, 0.3) is 77.9 Å². The maximum Gasteiger partial charge on any atom is 0.0159 e. The van der Waals surface area contributed by atoms with E-state index in [1.165, 1.54) is 76.8 Å². The minimum atomic E-state index is -0.130. The first-order valence-electron chi connectivity index (χ1n) is 15.0. The van der Waals surface area contributed by atoms with E-state index in [4.69, 9.17) is 0 Å². The Kier molecular flexibility index (Phi) is 5.58. The van der Waals surface area contributed by atoms with Gasteiger partial charge >= 0.3 is 0 Å². The Hall–Kier alpha value is -5.20. The van der Waals surface area contributed by atoms with E-state index in [0.717, 1.165) is 11.1 Å². The highest BCUT2D eigenvalue weighted by atomic mass is 14.4. The van der Waals surface area contributed by atoms with Crippen molar-refractivity contribution in [2.75, 3.05) is 0 Å². The van der Waals surface area contributed by atoms with Crippen molar-refractivity contribution in [1.29, 1.82) is 0 Å². The zero-order chi connectivity index (χ0) is 29.3. The van der Waals surface area contributed by atoms with E-state index < -0.39 is 0 Å². The van der Waals surface area contributed by atoms with Gasteiger partial charge < -0.3 is 0 Å². The standard InChI is InChI=1S/C43H32/c1-5-30-31(6-2)42-36-21-13-14-22-38(36)43(3,4)39(42)26-37(30)41-34-19-11-9-17-32(34)40(33-18-10-12-20-35(33)41)29-24-23-27-15-7-8-16-28(27)25-29/h5-26H,1-2H2,3-4H3. The summed E-state index contributed by atoms with van der Waals surface area (Å²) in [6.45, 7) is 13.4. The fourth-order valence-electron chi connectivity index (χ4n) is 7.61. The summed E-state index contributed by atoms with van der Waals surface area (Å²) in [5, 5.41) is 7.51. The molecule has 7 aromatic rings. The van der Waals surface area contributed by atoms with Gasteiger partial charge in [-0.25, -0.2) is 0 Å². The smallest absolute Gasteiger partial charge is 0.0159 e. The molecule has 204 valence electrons. The Morgan fingerprint density at radius 1 is 0.465 bits per heavy atom. The van der Waals surface area contributed by atoms with Crippen molar-refractivity contribution >= 4 is 44.5 Å². The molecular formula is C43H32.